The van der Waals surface area contributed by atoms with Crippen molar-refractivity contribution in [1.82, 2.24) is 29.7 Å². The number of β-amino-alcohol motifs (C(OH)–C–C–N with tert-alkyl or cyclic N) is 2. The van der Waals surface area contributed by atoms with Crippen LogP contribution in [0.4, 0.5) is 11.9 Å². The summed E-state index contributed by atoms with van der Waals surface area (Å²) in [6.07, 6.45) is 1.25. The molecule has 3 rings (SSSR count). The third-order valence-electron chi connectivity index (χ3n) is 3.00. The summed E-state index contributed by atoms with van der Waals surface area (Å²) in [5, 5.41) is 26.0. The molecule has 1 aliphatic heterocycles. The molecule has 0 amide bonds. The molecule has 2 aromatic heterocycles. The number of rotatable bonds is 3. The molecule has 0 aromatic carbocycles. The van der Waals surface area contributed by atoms with Crippen molar-refractivity contribution >= 4 is 11.9 Å². The second-order valence-electron chi connectivity index (χ2n) is 4.39. The highest BCUT2D eigenvalue weighted by Crippen LogP contribution is 2.18. The summed E-state index contributed by atoms with van der Waals surface area (Å²) in [6, 6.07) is 0. The Labute approximate surface area is 114 Å². The van der Waals surface area contributed by atoms with Gasteiger partial charge in [0.2, 0.25) is 11.9 Å². The van der Waals surface area contributed by atoms with E-state index in [4.69, 9.17) is 0 Å². The van der Waals surface area contributed by atoms with Gasteiger partial charge in [-0.2, -0.15) is 24.7 Å². The molecule has 3 N–H and O–H groups in total. The SMILES string of the molecule is CNc1nc(N2CC(O)C(O)C2)nc(-n2cncn2)n1. The average molecular weight is 278 g/mol. The van der Waals surface area contributed by atoms with E-state index < -0.39 is 12.2 Å². The van der Waals surface area contributed by atoms with Crippen LogP contribution >= 0.6 is 0 Å². The molecular formula is C10H14N8O2. The number of hydrogen-bond acceptors (Lipinski definition) is 9. The van der Waals surface area contributed by atoms with Crippen LogP contribution in [0.2, 0.25) is 0 Å². The van der Waals surface area contributed by atoms with Crippen LogP contribution in [0.3, 0.4) is 0 Å². The van der Waals surface area contributed by atoms with Gasteiger partial charge in [-0.3, -0.25) is 0 Å². The van der Waals surface area contributed by atoms with Crippen LogP contribution in [0.5, 0.6) is 0 Å². The second kappa shape index (κ2) is 4.98. The Kier molecular flexibility index (Phi) is 3.16. The summed E-state index contributed by atoms with van der Waals surface area (Å²) in [4.78, 5) is 18.2. The van der Waals surface area contributed by atoms with Crippen molar-refractivity contribution < 1.29 is 10.2 Å². The van der Waals surface area contributed by atoms with Gasteiger partial charge in [0.25, 0.3) is 5.95 Å². The normalized spacial score (nSPS) is 22.2. The monoisotopic (exact) mass is 278 g/mol. The summed E-state index contributed by atoms with van der Waals surface area (Å²) in [7, 11) is 1.69. The number of anilines is 2. The van der Waals surface area contributed by atoms with Gasteiger partial charge in [0, 0.05) is 20.1 Å². The Balaban J connectivity index is 1.97. The molecule has 1 aliphatic rings. The zero-order valence-corrected chi connectivity index (χ0v) is 10.7. The Hall–Kier alpha value is -2.33. The molecule has 0 aliphatic carbocycles. The number of hydrogen-bond donors (Lipinski definition) is 3. The molecule has 2 unspecified atom stereocenters. The van der Waals surface area contributed by atoms with Gasteiger partial charge in [0.1, 0.15) is 12.7 Å². The highest BCUT2D eigenvalue weighted by Gasteiger charge is 2.31. The van der Waals surface area contributed by atoms with Gasteiger partial charge in [-0.1, -0.05) is 0 Å². The fourth-order valence-corrected chi connectivity index (χ4v) is 1.95. The number of nitrogens with zero attached hydrogens (tertiary/aromatic N) is 7. The highest BCUT2D eigenvalue weighted by atomic mass is 16.3. The lowest BCUT2D eigenvalue weighted by Crippen LogP contribution is -2.25. The maximum atomic E-state index is 9.60. The lowest BCUT2D eigenvalue weighted by Gasteiger charge is -2.16. The minimum Gasteiger partial charge on any atom is -0.388 e. The van der Waals surface area contributed by atoms with Crippen LogP contribution in [-0.4, -0.2) is 72.3 Å². The first-order chi connectivity index (χ1) is 9.67. The molecule has 20 heavy (non-hydrogen) atoms. The van der Waals surface area contributed by atoms with E-state index in [0.29, 0.717) is 17.8 Å². The maximum absolute atomic E-state index is 9.60. The molecule has 10 heteroatoms. The van der Waals surface area contributed by atoms with E-state index in [1.165, 1.54) is 17.3 Å². The minimum absolute atomic E-state index is 0.269. The molecule has 1 fully saturated rings. The van der Waals surface area contributed by atoms with E-state index in [-0.39, 0.29) is 13.1 Å². The zero-order valence-electron chi connectivity index (χ0n) is 10.7. The Morgan fingerprint density at radius 3 is 2.45 bits per heavy atom. The van der Waals surface area contributed by atoms with Gasteiger partial charge < -0.3 is 20.4 Å². The number of nitrogens with one attached hydrogen (secondary N) is 1. The summed E-state index contributed by atoms with van der Waals surface area (Å²) in [5.41, 5.74) is 0. The second-order valence-corrected chi connectivity index (χ2v) is 4.39. The van der Waals surface area contributed by atoms with Crippen molar-refractivity contribution in [3.63, 3.8) is 0 Å². The van der Waals surface area contributed by atoms with Crippen molar-refractivity contribution in [3.05, 3.63) is 12.7 Å². The van der Waals surface area contributed by atoms with Crippen LogP contribution in [0, 0.1) is 0 Å². The van der Waals surface area contributed by atoms with Crippen LogP contribution in [0.1, 0.15) is 0 Å². The lowest BCUT2D eigenvalue weighted by molar-refractivity contribution is 0.0572. The van der Waals surface area contributed by atoms with Crippen molar-refractivity contribution in [3.8, 4) is 5.95 Å². The number of aliphatic hydroxyl groups excluding tert-OH is 2. The van der Waals surface area contributed by atoms with Gasteiger partial charge in [-0.15, -0.1) is 0 Å². The van der Waals surface area contributed by atoms with E-state index in [1.807, 2.05) is 0 Å². The first kappa shape index (κ1) is 12.7. The van der Waals surface area contributed by atoms with Gasteiger partial charge in [0.05, 0.1) is 12.2 Å². The fourth-order valence-electron chi connectivity index (χ4n) is 1.95. The largest absolute Gasteiger partial charge is 0.388 e. The fraction of sp³-hybridized carbons (Fsp3) is 0.500. The highest BCUT2D eigenvalue weighted by molar-refractivity contribution is 5.41. The van der Waals surface area contributed by atoms with Crippen molar-refractivity contribution in [2.75, 3.05) is 30.4 Å². The van der Waals surface area contributed by atoms with Crippen molar-refractivity contribution in [2.24, 2.45) is 0 Å². The lowest BCUT2D eigenvalue weighted by atomic mass is 10.3. The summed E-state index contributed by atoms with van der Waals surface area (Å²) >= 11 is 0. The van der Waals surface area contributed by atoms with E-state index in [0.717, 1.165) is 0 Å². The average Bonchev–Trinajstić information content (AvgIpc) is 3.09. The smallest absolute Gasteiger partial charge is 0.258 e. The number of aliphatic hydroxyl groups is 2. The molecule has 0 bridgehead atoms. The van der Waals surface area contributed by atoms with E-state index in [9.17, 15) is 10.2 Å². The Morgan fingerprint density at radius 2 is 1.85 bits per heavy atom. The molecule has 1 saturated heterocycles. The van der Waals surface area contributed by atoms with Gasteiger partial charge in [-0.25, -0.2) is 4.98 Å². The topological polar surface area (TPSA) is 125 Å². The molecular weight excluding hydrogens is 264 g/mol. The predicted molar refractivity (Wildman–Crippen MR) is 68.5 cm³/mol. The molecule has 2 atom stereocenters. The van der Waals surface area contributed by atoms with Crippen LogP contribution in [0.25, 0.3) is 5.95 Å². The Morgan fingerprint density at radius 1 is 1.15 bits per heavy atom. The molecule has 0 saturated carbocycles. The molecule has 3 heterocycles. The predicted octanol–water partition coefficient (Wildman–Crippen LogP) is -1.96. The van der Waals surface area contributed by atoms with E-state index >= 15 is 0 Å². The molecule has 0 radical (unpaired) electrons. The third-order valence-corrected chi connectivity index (χ3v) is 3.00. The van der Waals surface area contributed by atoms with Crippen molar-refractivity contribution in [2.45, 2.75) is 12.2 Å². The molecule has 2 aromatic rings. The first-order valence-electron chi connectivity index (χ1n) is 6.07. The summed E-state index contributed by atoms with van der Waals surface area (Å²) in [6.45, 7) is 0.538. The van der Waals surface area contributed by atoms with Gasteiger partial charge >= 0.3 is 0 Å². The summed E-state index contributed by atoms with van der Waals surface area (Å²) < 4.78 is 1.41. The van der Waals surface area contributed by atoms with Crippen molar-refractivity contribution in [1.29, 1.82) is 0 Å². The van der Waals surface area contributed by atoms with E-state index in [1.54, 1.807) is 11.9 Å². The summed E-state index contributed by atoms with van der Waals surface area (Å²) in [5.74, 6) is 1.05. The number of aromatic nitrogens is 6. The standard InChI is InChI=1S/C10H14N8O2/c1-11-8-14-9(17-2-6(19)7(20)3-17)16-10(15-8)18-5-12-4-13-18/h4-7,19-20H,2-3H2,1H3,(H,11,14,15,16). The maximum Gasteiger partial charge on any atom is 0.258 e. The minimum atomic E-state index is -0.806. The first-order valence-corrected chi connectivity index (χ1v) is 6.07. The molecule has 106 valence electrons. The van der Waals surface area contributed by atoms with Gasteiger partial charge in [-0.05, 0) is 0 Å². The zero-order chi connectivity index (χ0) is 14.1. The van der Waals surface area contributed by atoms with Crippen LogP contribution < -0.4 is 10.2 Å². The molecule has 0 spiro atoms. The van der Waals surface area contributed by atoms with Gasteiger partial charge in [0.15, 0.2) is 0 Å². The quantitative estimate of drug-likeness (QED) is 0.586. The van der Waals surface area contributed by atoms with Crippen LogP contribution in [-0.2, 0) is 0 Å². The van der Waals surface area contributed by atoms with Crippen LogP contribution in [0.15, 0.2) is 12.7 Å². The van der Waals surface area contributed by atoms with E-state index in [2.05, 4.69) is 30.4 Å². The molecule has 10 nitrogen and oxygen atoms in total. The Bertz CT molecular complexity index is 579. The third kappa shape index (κ3) is 2.26.